The summed E-state index contributed by atoms with van der Waals surface area (Å²) in [6, 6.07) is 13.0. The van der Waals surface area contributed by atoms with Crippen LogP contribution in [0.3, 0.4) is 0 Å². The zero-order valence-electron chi connectivity index (χ0n) is 17.6. The number of rotatable bonds is 6. The lowest BCUT2D eigenvalue weighted by Crippen LogP contribution is -2.15. The number of carbonyl (C=O) groups excluding carboxylic acids is 2. The lowest BCUT2D eigenvalue weighted by molar-refractivity contribution is -0.115. The van der Waals surface area contributed by atoms with Crippen LogP contribution in [0.1, 0.15) is 34.1 Å². The van der Waals surface area contributed by atoms with Crippen LogP contribution < -0.4 is 5.32 Å². The SMILES string of the molecule is CCOC(=O)c1cccc(NC(=O)Cc2csc3nc(-c4ccc(C)c(C)c4)cn23)c1. The van der Waals surface area contributed by atoms with Crippen LogP contribution in [0.25, 0.3) is 16.2 Å². The number of hydrogen-bond donors (Lipinski definition) is 1. The van der Waals surface area contributed by atoms with Gasteiger partial charge in [0, 0.05) is 28.5 Å². The predicted octanol–water partition coefficient (Wildman–Crippen LogP) is 5.04. The first-order chi connectivity index (χ1) is 14.9. The molecule has 0 radical (unpaired) electrons. The monoisotopic (exact) mass is 433 g/mol. The fourth-order valence-corrected chi connectivity index (χ4v) is 4.18. The Morgan fingerprint density at radius 3 is 2.74 bits per heavy atom. The highest BCUT2D eigenvalue weighted by molar-refractivity contribution is 7.15. The summed E-state index contributed by atoms with van der Waals surface area (Å²) in [5.74, 6) is -0.572. The molecule has 2 aromatic carbocycles. The van der Waals surface area contributed by atoms with Crippen molar-refractivity contribution in [3.05, 3.63) is 76.4 Å². The number of ether oxygens (including phenoxy) is 1. The van der Waals surface area contributed by atoms with E-state index in [2.05, 4.69) is 37.4 Å². The molecule has 31 heavy (non-hydrogen) atoms. The van der Waals surface area contributed by atoms with E-state index < -0.39 is 5.97 Å². The Morgan fingerprint density at radius 2 is 1.97 bits per heavy atom. The highest BCUT2D eigenvalue weighted by atomic mass is 32.1. The molecule has 1 N–H and O–H groups in total. The Hall–Kier alpha value is -3.45. The van der Waals surface area contributed by atoms with E-state index in [9.17, 15) is 9.59 Å². The molecule has 1 amide bonds. The maximum atomic E-state index is 12.6. The second-order valence-corrected chi connectivity index (χ2v) is 8.17. The summed E-state index contributed by atoms with van der Waals surface area (Å²) in [4.78, 5) is 30.1. The first-order valence-corrected chi connectivity index (χ1v) is 10.9. The van der Waals surface area contributed by atoms with Crippen molar-refractivity contribution >= 4 is 33.9 Å². The largest absolute Gasteiger partial charge is 0.462 e. The van der Waals surface area contributed by atoms with E-state index in [4.69, 9.17) is 9.72 Å². The predicted molar refractivity (Wildman–Crippen MR) is 123 cm³/mol. The van der Waals surface area contributed by atoms with Crippen LogP contribution in [0.15, 0.2) is 54.0 Å². The molecule has 0 fully saturated rings. The standard InChI is InChI=1S/C24H23N3O3S/c1-4-30-23(29)18-6-5-7-19(11-18)25-22(28)12-20-14-31-24-26-21(13-27(20)24)17-9-8-15(2)16(3)10-17/h5-11,13-14H,4,12H2,1-3H3,(H,25,28). The van der Waals surface area contributed by atoms with Gasteiger partial charge in [-0.1, -0.05) is 18.2 Å². The summed E-state index contributed by atoms with van der Waals surface area (Å²) >= 11 is 1.51. The fourth-order valence-electron chi connectivity index (χ4n) is 3.30. The van der Waals surface area contributed by atoms with Crippen molar-refractivity contribution in [3.8, 4) is 11.3 Å². The molecule has 4 rings (SSSR count). The van der Waals surface area contributed by atoms with E-state index in [0.29, 0.717) is 17.9 Å². The lowest BCUT2D eigenvalue weighted by atomic mass is 10.0. The van der Waals surface area contributed by atoms with E-state index >= 15 is 0 Å². The highest BCUT2D eigenvalue weighted by Crippen LogP contribution is 2.25. The van der Waals surface area contributed by atoms with Crippen molar-refractivity contribution in [1.82, 2.24) is 9.38 Å². The van der Waals surface area contributed by atoms with Crippen molar-refractivity contribution in [3.63, 3.8) is 0 Å². The topological polar surface area (TPSA) is 72.7 Å². The molecule has 0 bridgehead atoms. The van der Waals surface area contributed by atoms with Gasteiger partial charge < -0.3 is 10.1 Å². The number of nitrogens with one attached hydrogen (secondary N) is 1. The molecule has 2 heterocycles. The molecule has 0 saturated carbocycles. The number of aromatic nitrogens is 2. The fraction of sp³-hybridized carbons (Fsp3) is 0.208. The van der Waals surface area contributed by atoms with Gasteiger partial charge in [-0.05, 0) is 56.2 Å². The number of aryl methyl sites for hydroxylation is 2. The summed E-state index contributed by atoms with van der Waals surface area (Å²) in [5.41, 5.74) is 6.24. The van der Waals surface area contributed by atoms with E-state index in [1.165, 1.54) is 22.5 Å². The van der Waals surface area contributed by atoms with E-state index in [-0.39, 0.29) is 12.3 Å². The molecule has 4 aromatic rings. The summed E-state index contributed by atoms with van der Waals surface area (Å²) in [5, 5.41) is 4.80. The Bertz CT molecular complexity index is 1270. The third kappa shape index (κ3) is 4.51. The van der Waals surface area contributed by atoms with Gasteiger partial charge in [-0.25, -0.2) is 9.78 Å². The minimum absolute atomic E-state index is 0.165. The molecule has 0 spiro atoms. The van der Waals surface area contributed by atoms with Gasteiger partial charge in [-0.15, -0.1) is 11.3 Å². The minimum Gasteiger partial charge on any atom is -0.462 e. The lowest BCUT2D eigenvalue weighted by Gasteiger charge is -2.07. The normalized spacial score (nSPS) is 10.9. The number of esters is 1. The molecule has 0 unspecified atom stereocenters. The zero-order valence-corrected chi connectivity index (χ0v) is 18.5. The molecule has 2 aromatic heterocycles. The number of fused-ring (bicyclic) bond motifs is 1. The summed E-state index contributed by atoms with van der Waals surface area (Å²) in [7, 11) is 0. The third-order valence-electron chi connectivity index (χ3n) is 5.09. The number of hydrogen-bond acceptors (Lipinski definition) is 5. The van der Waals surface area contributed by atoms with Crippen molar-refractivity contribution < 1.29 is 14.3 Å². The van der Waals surface area contributed by atoms with Gasteiger partial charge in [0.15, 0.2) is 4.96 Å². The van der Waals surface area contributed by atoms with Gasteiger partial charge in [-0.2, -0.15) is 0 Å². The number of nitrogens with zero attached hydrogens (tertiary/aromatic N) is 2. The first-order valence-electron chi connectivity index (χ1n) is 10.0. The average molecular weight is 434 g/mol. The molecule has 0 aliphatic rings. The van der Waals surface area contributed by atoms with Crippen LogP contribution in [-0.4, -0.2) is 27.9 Å². The number of anilines is 1. The smallest absolute Gasteiger partial charge is 0.338 e. The van der Waals surface area contributed by atoms with Gasteiger partial charge in [-0.3, -0.25) is 9.20 Å². The molecule has 0 saturated heterocycles. The minimum atomic E-state index is -0.407. The maximum Gasteiger partial charge on any atom is 0.338 e. The third-order valence-corrected chi connectivity index (χ3v) is 5.97. The second-order valence-electron chi connectivity index (χ2n) is 7.33. The van der Waals surface area contributed by atoms with Crippen molar-refractivity contribution in [1.29, 1.82) is 0 Å². The molecule has 6 nitrogen and oxygen atoms in total. The molecular formula is C24H23N3O3S. The quantitative estimate of drug-likeness (QED) is 0.433. The van der Waals surface area contributed by atoms with Crippen LogP contribution in [0.2, 0.25) is 0 Å². The number of imidazole rings is 1. The van der Waals surface area contributed by atoms with E-state index in [0.717, 1.165) is 21.9 Å². The van der Waals surface area contributed by atoms with Crippen LogP contribution in [0, 0.1) is 13.8 Å². The summed E-state index contributed by atoms with van der Waals surface area (Å²) in [6.07, 6.45) is 2.17. The van der Waals surface area contributed by atoms with Crippen LogP contribution in [0.4, 0.5) is 5.69 Å². The van der Waals surface area contributed by atoms with Crippen molar-refractivity contribution in [2.24, 2.45) is 0 Å². The molecule has 7 heteroatoms. The Morgan fingerprint density at radius 1 is 1.13 bits per heavy atom. The van der Waals surface area contributed by atoms with Crippen LogP contribution in [0.5, 0.6) is 0 Å². The van der Waals surface area contributed by atoms with Gasteiger partial charge >= 0.3 is 5.97 Å². The van der Waals surface area contributed by atoms with Gasteiger partial charge in [0.05, 0.1) is 24.3 Å². The highest BCUT2D eigenvalue weighted by Gasteiger charge is 2.14. The number of benzene rings is 2. The Balaban J connectivity index is 1.50. The number of amides is 1. The average Bonchev–Trinajstić information content (AvgIpc) is 3.32. The molecular weight excluding hydrogens is 410 g/mol. The molecule has 0 aliphatic heterocycles. The van der Waals surface area contributed by atoms with E-state index in [1.54, 1.807) is 31.2 Å². The molecule has 0 atom stereocenters. The molecule has 0 aliphatic carbocycles. The molecule has 158 valence electrons. The van der Waals surface area contributed by atoms with E-state index in [1.807, 2.05) is 16.0 Å². The van der Waals surface area contributed by atoms with Crippen molar-refractivity contribution in [2.75, 3.05) is 11.9 Å². The van der Waals surface area contributed by atoms with Gasteiger partial charge in [0.1, 0.15) is 0 Å². The Labute approximate surface area is 184 Å². The van der Waals surface area contributed by atoms with Crippen molar-refractivity contribution in [2.45, 2.75) is 27.2 Å². The maximum absolute atomic E-state index is 12.6. The summed E-state index contributed by atoms with van der Waals surface area (Å²) in [6.45, 7) is 6.24. The van der Waals surface area contributed by atoms with Crippen LogP contribution in [-0.2, 0) is 16.0 Å². The number of thiazole rings is 1. The Kier molecular flexibility index (Phi) is 5.86. The van der Waals surface area contributed by atoms with Crippen LogP contribution >= 0.6 is 11.3 Å². The number of carbonyl (C=O) groups is 2. The first kappa shape index (κ1) is 20.8. The zero-order chi connectivity index (χ0) is 22.0. The van der Waals surface area contributed by atoms with Gasteiger partial charge in [0.25, 0.3) is 0 Å². The second kappa shape index (κ2) is 8.73. The van der Waals surface area contributed by atoms with Gasteiger partial charge in [0.2, 0.25) is 5.91 Å². The summed E-state index contributed by atoms with van der Waals surface area (Å²) < 4.78 is 6.98.